The lowest BCUT2D eigenvalue weighted by atomic mass is 9.99. The van der Waals surface area contributed by atoms with Gasteiger partial charge < -0.3 is 19.1 Å². The molecule has 36 heavy (non-hydrogen) atoms. The molecule has 1 aliphatic rings. The predicted molar refractivity (Wildman–Crippen MR) is 135 cm³/mol. The summed E-state index contributed by atoms with van der Waals surface area (Å²) in [5, 5.41) is 0. The number of rotatable bonds is 8. The normalized spacial score (nSPS) is 17.8. The Kier molecular flexibility index (Phi) is 9.47. The van der Waals surface area contributed by atoms with Gasteiger partial charge in [0, 0.05) is 13.1 Å². The molecule has 2 aromatic rings. The average molecular weight is 497 g/mol. The van der Waals surface area contributed by atoms with E-state index >= 15 is 0 Å². The van der Waals surface area contributed by atoms with Gasteiger partial charge in [0.05, 0.1) is 18.7 Å². The zero-order valence-corrected chi connectivity index (χ0v) is 21.5. The number of piperidine rings is 1. The maximum absolute atomic E-state index is 13.4. The number of ketones is 1. The van der Waals surface area contributed by atoms with Gasteiger partial charge in [-0.1, -0.05) is 60.7 Å². The lowest BCUT2D eigenvalue weighted by Gasteiger charge is -2.43. The minimum Gasteiger partial charge on any atom is -0.445 e. The van der Waals surface area contributed by atoms with Gasteiger partial charge in [-0.25, -0.2) is 9.59 Å². The van der Waals surface area contributed by atoms with Crippen LogP contribution in [0.15, 0.2) is 60.7 Å². The number of amides is 2. The van der Waals surface area contributed by atoms with Crippen LogP contribution in [0.25, 0.3) is 0 Å². The summed E-state index contributed by atoms with van der Waals surface area (Å²) in [5.74, 6) is -0.135. The summed E-state index contributed by atoms with van der Waals surface area (Å²) in [7, 11) is 0. The van der Waals surface area contributed by atoms with Crippen LogP contribution in [0.1, 0.15) is 45.2 Å². The number of carbonyl (C=O) groups excluding carboxylic acids is 3. The molecule has 0 radical (unpaired) electrons. The van der Waals surface area contributed by atoms with Crippen molar-refractivity contribution in [3.8, 4) is 0 Å². The Morgan fingerprint density at radius 1 is 0.972 bits per heavy atom. The Morgan fingerprint density at radius 3 is 2.17 bits per heavy atom. The van der Waals surface area contributed by atoms with E-state index in [2.05, 4.69) is 0 Å². The number of ether oxygens (including phenoxy) is 3. The molecule has 1 aliphatic heterocycles. The Morgan fingerprint density at radius 2 is 1.58 bits per heavy atom. The lowest BCUT2D eigenvalue weighted by Crippen LogP contribution is -2.58. The molecule has 2 amide bonds. The van der Waals surface area contributed by atoms with Crippen LogP contribution in [-0.4, -0.2) is 65.2 Å². The van der Waals surface area contributed by atoms with E-state index in [-0.39, 0.29) is 25.5 Å². The fraction of sp³-hybridized carbons (Fsp3) is 0.464. The molecule has 0 saturated carbocycles. The second-order valence-electron chi connectivity index (χ2n) is 9.99. The van der Waals surface area contributed by atoms with Gasteiger partial charge in [-0.2, -0.15) is 0 Å². The maximum Gasteiger partial charge on any atom is 0.410 e. The summed E-state index contributed by atoms with van der Waals surface area (Å²) in [6.07, 6.45) is -1.05. The monoisotopic (exact) mass is 496 g/mol. The van der Waals surface area contributed by atoms with Crippen LogP contribution < -0.4 is 0 Å². The van der Waals surface area contributed by atoms with Gasteiger partial charge in [-0.15, -0.1) is 0 Å². The van der Waals surface area contributed by atoms with Crippen molar-refractivity contribution in [1.29, 1.82) is 0 Å². The smallest absolute Gasteiger partial charge is 0.410 e. The van der Waals surface area contributed by atoms with Gasteiger partial charge in [-0.3, -0.25) is 9.69 Å². The molecule has 0 aliphatic carbocycles. The minimum absolute atomic E-state index is 0.110. The van der Waals surface area contributed by atoms with Crippen molar-refractivity contribution in [3.05, 3.63) is 71.8 Å². The fourth-order valence-corrected chi connectivity index (χ4v) is 4.04. The first-order valence-electron chi connectivity index (χ1n) is 12.2. The second-order valence-corrected chi connectivity index (χ2v) is 9.99. The van der Waals surface area contributed by atoms with Gasteiger partial charge in [0.15, 0.2) is 5.78 Å². The molecule has 0 bridgehead atoms. The number of nitrogens with zero attached hydrogens (tertiary/aromatic N) is 2. The zero-order valence-electron chi connectivity index (χ0n) is 21.5. The molecule has 2 aromatic carbocycles. The number of hydrogen-bond donors (Lipinski definition) is 0. The van der Waals surface area contributed by atoms with E-state index in [1.165, 1.54) is 6.92 Å². The molecule has 1 heterocycles. The SMILES string of the molecule is CC(=O)CO[C@@H]1CN(C(=O)OC(C)(C)C)CC[C@@H]1N(Cc1ccccc1)C(=O)OCc1ccccc1. The Labute approximate surface area is 213 Å². The van der Waals surface area contributed by atoms with Crippen LogP contribution in [0.5, 0.6) is 0 Å². The summed E-state index contributed by atoms with van der Waals surface area (Å²) in [5.41, 5.74) is 1.19. The highest BCUT2D eigenvalue weighted by atomic mass is 16.6. The summed E-state index contributed by atoms with van der Waals surface area (Å²) in [4.78, 5) is 41.1. The van der Waals surface area contributed by atoms with Crippen molar-refractivity contribution in [2.45, 2.75) is 65.0 Å². The fourth-order valence-electron chi connectivity index (χ4n) is 4.04. The topological polar surface area (TPSA) is 85.4 Å². The predicted octanol–water partition coefficient (Wildman–Crippen LogP) is 4.81. The molecule has 0 unspecified atom stereocenters. The lowest BCUT2D eigenvalue weighted by molar-refractivity contribution is -0.127. The first kappa shape index (κ1) is 27.2. The van der Waals surface area contributed by atoms with Gasteiger partial charge in [0.2, 0.25) is 0 Å². The van der Waals surface area contributed by atoms with Crippen LogP contribution in [0.3, 0.4) is 0 Å². The number of likely N-dealkylation sites (tertiary alicyclic amines) is 1. The molecule has 8 heteroatoms. The quantitative estimate of drug-likeness (QED) is 0.522. The van der Waals surface area contributed by atoms with E-state index < -0.39 is 29.9 Å². The summed E-state index contributed by atoms with van der Waals surface area (Å²) < 4.78 is 17.2. The van der Waals surface area contributed by atoms with E-state index in [0.717, 1.165) is 11.1 Å². The maximum atomic E-state index is 13.4. The Hall–Kier alpha value is -3.39. The van der Waals surface area contributed by atoms with Crippen molar-refractivity contribution in [2.75, 3.05) is 19.7 Å². The number of benzene rings is 2. The van der Waals surface area contributed by atoms with Crippen molar-refractivity contribution >= 4 is 18.0 Å². The second kappa shape index (κ2) is 12.5. The summed E-state index contributed by atoms with van der Waals surface area (Å²) in [6, 6.07) is 18.7. The van der Waals surface area contributed by atoms with E-state index in [4.69, 9.17) is 14.2 Å². The molecule has 0 N–H and O–H groups in total. The van der Waals surface area contributed by atoms with E-state index in [1.54, 1.807) is 9.80 Å². The molecule has 3 rings (SSSR count). The molecule has 194 valence electrons. The number of hydrogen-bond acceptors (Lipinski definition) is 6. The van der Waals surface area contributed by atoms with Crippen LogP contribution in [0, 0.1) is 0 Å². The van der Waals surface area contributed by atoms with Gasteiger partial charge in [0.25, 0.3) is 0 Å². The molecule has 1 fully saturated rings. The first-order chi connectivity index (χ1) is 17.1. The van der Waals surface area contributed by atoms with Gasteiger partial charge in [-0.05, 0) is 45.2 Å². The molecule has 8 nitrogen and oxygen atoms in total. The molecule has 1 saturated heterocycles. The molecule has 0 spiro atoms. The largest absolute Gasteiger partial charge is 0.445 e. The first-order valence-corrected chi connectivity index (χ1v) is 12.2. The minimum atomic E-state index is -0.635. The molecular weight excluding hydrogens is 460 g/mol. The standard InChI is InChI=1S/C28H36N2O6/c1-21(31)19-34-25-18-29(26(32)36-28(2,3)4)16-15-24(25)30(17-22-11-7-5-8-12-22)27(33)35-20-23-13-9-6-10-14-23/h5-14,24-25H,15-20H2,1-4H3/t24-,25+/m0/s1. The zero-order chi connectivity index (χ0) is 26.1. The number of carbonyl (C=O) groups is 3. The van der Waals surface area contributed by atoms with E-state index in [0.29, 0.717) is 19.5 Å². The Bertz CT molecular complexity index is 1010. The summed E-state index contributed by atoms with van der Waals surface area (Å²) >= 11 is 0. The average Bonchev–Trinajstić information content (AvgIpc) is 2.84. The van der Waals surface area contributed by atoms with Crippen LogP contribution in [-0.2, 0) is 32.2 Å². The van der Waals surface area contributed by atoms with E-state index in [1.807, 2.05) is 81.4 Å². The van der Waals surface area contributed by atoms with Crippen LogP contribution in [0.4, 0.5) is 9.59 Å². The van der Waals surface area contributed by atoms with Crippen LogP contribution in [0.2, 0.25) is 0 Å². The van der Waals surface area contributed by atoms with E-state index in [9.17, 15) is 14.4 Å². The summed E-state index contributed by atoms with van der Waals surface area (Å²) in [6.45, 7) is 7.80. The van der Waals surface area contributed by atoms with Gasteiger partial charge in [0.1, 0.15) is 18.8 Å². The van der Waals surface area contributed by atoms with Crippen LogP contribution >= 0.6 is 0 Å². The highest BCUT2D eigenvalue weighted by molar-refractivity contribution is 5.76. The third kappa shape index (κ3) is 8.37. The molecular formula is C28H36N2O6. The third-order valence-corrected chi connectivity index (χ3v) is 5.71. The number of Topliss-reactive ketones (excluding diaryl/α,β-unsaturated/α-hetero) is 1. The van der Waals surface area contributed by atoms with Crippen molar-refractivity contribution in [2.24, 2.45) is 0 Å². The highest BCUT2D eigenvalue weighted by Gasteiger charge is 2.39. The van der Waals surface area contributed by atoms with Crippen molar-refractivity contribution in [3.63, 3.8) is 0 Å². The van der Waals surface area contributed by atoms with Crippen molar-refractivity contribution in [1.82, 2.24) is 9.80 Å². The third-order valence-electron chi connectivity index (χ3n) is 5.71. The molecule has 0 aromatic heterocycles. The van der Waals surface area contributed by atoms with Crippen molar-refractivity contribution < 1.29 is 28.6 Å². The Balaban J connectivity index is 1.81. The molecule has 2 atom stereocenters. The van der Waals surface area contributed by atoms with Gasteiger partial charge >= 0.3 is 12.2 Å². The highest BCUT2D eigenvalue weighted by Crippen LogP contribution is 2.25.